The second-order valence-corrected chi connectivity index (χ2v) is 4.21. The van der Waals surface area contributed by atoms with Crippen molar-refractivity contribution in [3.05, 3.63) is 0 Å². The summed E-state index contributed by atoms with van der Waals surface area (Å²) in [4.78, 5) is 1.95. The zero-order valence-corrected chi connectivity index (χ0v) is 8.70. The van der Waals surface area contributed by atoms with Crippen molar-refractivity contribution in [3.8, 4) is 0 Å². The number of rotatable bonds is 4. The lowest BCUT2D eigenvalue weighted by molar-refractivity contribution is 0.00845. The van der Waals surface area contributed by atoms with Gasteiger partial charge in [-0.3, -0.25) is 4.90 Å². The molecule has 74 valence electrons. The van der Waals surface area contributed by atoms with Gasteiger partial charge in [-0.1, -0.05) is 0 Å². The molecule has 2 unspecified atom stereocenters. The van der Waals surface area contributed by atoms with Crippen LogP contribution in [0.5, 0.6) is 0 Å². The summed E-state index contributed by atoms with van der Waals surface area (Å²) in [5, 5.41) is 18.8. The maximum atomic E-state index is 9.50. The summed E-state index contributed by atoms with van der Waals surface area (Å²) in [7, 11) is 1.90. The zero-order chi connectivity index (χ0) is 9.94. The van der Waals surface area contributed by atoms with Crippen LogP contribution in [0.4, 0.5) is 0 Å². The third-order valence-corrected chi connectivity index (χ3v) is 2.03. The van der Waals surface area contributed by atoms with E-state index in [9.17, 15) is 10.2 Å². The molecule has 0 aromatic heterocycles. The van der Waals surface area contributed by atoms with Gasteiger partial charge in [0.05, 0.1) is 11.7 Å². The Kier molecular flexibility index (Phi) is 4.17. The van der Waals surface area contributed by atoms with E-state index >= 15 is 0 Å². The molecule has 0 fully saturated rings. The molecule has 0 aromatic carbocycles. The molecule has 2 atom stereocenters. The molecule has 0 saturated heterocycles. The first-order chi connectivity index (χ1) is 5.24. The Hall–Kier alpha value is -0.120. The average Bonchev–Trinajstić information content (AvgIpc) is 1.82. The highest BCUT2D eigenvalue weighted by Crippen LogP contribution is 2.08. The summed E-state index contributed by atoms with van der Waals surface area (Å²) in [5.41, 5.74) is -0.697. The summed E-state index contributed by atoms with van der Waals surface area (Å²) < 4.78 is 0. The van der Waals surface area contributed by atoms with Gasteiger partial charge in [0, 0.05) is 12.6 Å². The molecule has 0 aromatic rings. The Bertz CT molecular complexity index is 129. The number of hydrogen-bond acceptors (Lipinski definition) is 3. The molecular weight excluding hydrogens is 154 g/mol. The van der Waals surface area contributed by atoms with Crippen molar-refractivity contribution >= 4 is 0 Å². The van der Waals surface area contributed by atoms with E-state index in [1.165, 1.54) is 0 Å². The molecule has 0 saturated carbocycles. The van der Waals surface area contributed by atoms with Crippen molar-refractivity contribution < 1.29 is 10.2 Å². The van der Waals surface area contributed by atoms with Crippen molar-refractivity contribution in [2.75, 3.05) is 13.6 Å². The minimum atomic E-state index is -0.697. The predicted octanol–water partition coefficient (Wildman–Crippen LogP) is 0.458. The van der Waals surface area contributed by atoms with Gasteiger partial charge in [-0.2, -0.15) is 0 Å². The number of likely N-dealkylation sites (N-methyl/N-ethyl adjacent to an activating group) is 1. The van der Waals surface area contributed by atoms with Gasteiger partial charge < -0.3 is 10.2 Å². The van der Waals surface area contributed by atoms with Gasteiger partial charge in [0.25, 0.3) is 0 Å². The van der Waals surface area contributed by atoms with Crippen molar-refractivity contribution in [1.82, 2.24) is 4.90 Å². The quantitative estimate of drug-likeness (QED) is 0.652. The van der Waals surface area contributed by atoms with Crippen LogP contribution in [0.2, 0.25) is 0 Å². The van der Waals surface area contributed by atoms with Gasteiger partial charge in [0.15, 0.2) is 0 Å². The van der Waals surface area contributed by atoms with Crippen LogP contribution < -0.4 is 0 Å². The van der Waals surface area contributed by atoms with Gasteiger partial charge in [-0.05, 0) is 34.7 Å². The van der Waals surface area contributed by atoms with Gasteiger partial charge >= 0.3 is 0 Å². The lowest BCUT2D eigenvalue weighted by atomic mass is 10.1. The Morgan fingerprint density at radius 2 is 1.75 bits per heavy atom. The van der Waals surface area contributed by atoms with Crippen LogP contribution in [-0.2, 0) is 0 Å². The third-order valence-electron chi connectivity index (χ3n) is 2.03. The van der Waals surface area contributed by atoms with E-state index in [1.807, 2.05) is 18.9 Å². The molecule has 2 N–H and O–H groups in total. The van der Waals surface area contributed by atoms with E-state index in [1.54, 1.807) is 20.8 Å². The van der Waals surface area contributed by atoms with Crippen molar-refractivity contribution in [1.29, 1.82) is 0 Å². The van der Waals surface area contributed by atoms with Crippen molar-refractivity contribution in [2.24, 2.45) is 0 Å². The smallest absolute Gasteiger partial charge is 0.0718 e. The highest BCUT2D eigenvalue weighted by atomic mass is 16.3. The number of aliphatic hydroxyl groups is 2. The first-order valence-electron chi connectivity index (χ1n) is 4.35. The second-order valence-electron chi connectivity index (χ2n) is 4.21. The fourth-order valence-corrected chi connectivity index (χ4v) is 1.12. The molecule has 0 aliphatic heterocycles. The van der Waals surface area contributed by atoms with Crippen LogP contribution >= 0.6 is 0 Å². The van der Waals surface area contributed by atoms with E-state index in [0.29, 0.717) is 6.54 Å². The summed E-state index contributed by atoms with van der Waals surface area (Å²) in [6.45, 7) is 7.79. The Morgan fingerprint density at radius 3 is 2.00 bits per heavy atom. The molecule has 0 heterocycles. The minimum absolute atomic E-state index is 0.0800. The SMILES string of the molecule is CC(O)C(C)N(C)CC(C)(C)O. The average molecular weight is 175 g/mol. The van der Waals surface area contributed by atoms with Crippen LogP contribution in [0.15, 0.2) is 0 Å². The molecule has 12 heavy (non-hydrogen) atoms. The molecule has 0 aliphatic rings. The summed E-state index contributed by atoms with van der Waals surface area (Å²) in [6, 6.07) is 0.0800. The maximum absolute atomic E-state index is 9.50. The topological polar surface area (TPSA) is 43.7 Å². The van der Waals surface area contributed by atoms with E-state index in [0.717, 1.165) is 0 Å². The highest BCUT2D eigenvalue weighted by Gasteiger charge is 2.21. The Morgan fingerprint density at radius 1 is 1.33 bits per heavy atom. The van der Waals surface area contributed by atoms with Gasteiger partial charge in [-0.15, -0.1) is 0 Å². The fourth-order valence-electron chi connectivity index (χ4n) is 1.12. The molecule has 0 aliphatic carbocycles. The summed E-state index contributed by atoms with van der Waals surface area (Å²) in [6.07, 6.45) is -0.364. The molecule has 0 bridgehead atoms. The fraction of sp³-hybridized carbons (Fsp3) is 1.00. The van der Waals surface area contributed by atoms with Gasteiger partial charge in [-0.25, -0.2) is 0 Å². The summed E-state index contributed by atoms with van der Waals surface area (Å²) in [5.74, 6) is 0. The molecule has 3 nitrogen and oxygen atoms in total. The zero-order valence-electron chi connectivity index (χ0n) is 8.70. The summed E-state index contributed by atoms with van der Waals surface area (Å²) >= 11 is 0. The van der Waals surface area contributed by atoms with Crippen molar-refractivity contribution in [3.63, 3.8) is 0 Å². The molecule has 0 rings (SSSR count). The van der Waals surface area contributed by atoms with E-state index < -0.39 is 5.60 Å². The van der Waals surface area contributed by atoms with Crippen LogP contribution in [-0.4, -0.2) is 46.5 Å². The van der Waals surface area contributed by atoms with E-state index in [-0.39, 0.29) is 12.1 Å². The molecule has 0 amide bonds. The van der Waals surface area contributed by atoms with Crippen molar-refractivity contribution in [2.45, 2.75) is 45.4 Å². The largest absolute Gasteiger partial charge is 0.392 e. The number of nitrogens with zero attached hydrogens (tertiary/aromatic N) is 1. The highest BCUT2D eigenvalue weighted by molar-refractivity contribution is 4.76. The van der Waals surface area contributed by atoms with Crippen LogP contribution in [0.1, 0.15) is 27.7 Å². The van der Waals surface area contributed by atoms with E-state index in [4.69, 9.17) is 0 Å². The van der Waals surface area contributed by atoms with Crippen LogP contribution in [0, 0.1) is 0 Å². The predicted molar refractivity (Wildman–Crippen MR) is 50.1 cm³/mol. The maximum Gasteiger partial charge on any atom is 0.0718 e. The van der Waals surface area contributed by atoms with Crippen LogP contribution in [0.3, 0.4) is 0 Å². The second kappa shape index (κ2) is 4.21. The Balaban J connectivity index is 3.95. The molecule has 0 spiro atoms. The first kappa shape index (κ1) is 11.9. The number of hydrogen-bond donors (Lipinski definition) is 2. The standard InChI is InChI=1S/C9H21NO2/c1-7(8(2)11)10(5)6-9(3,4)12/h7-8,11-12H,6H2,1-5H3. The van der Waals surface area contributed by atoms with Gasteiger partial charge in [0.1, 0.15) is 0 Å². The normalized spacial score (nSPS) is 18.0. The molecule has 0 radical (unpaired) electrons. The Labute approximate surface area is 75.0 Å². The van der Waals surface area contributed by atoms with E-state index in [2.05, 4.69) is 0 Å². The molecular formula is C9H21NO2. The monoisotopic (exact) mass is 175 g/mol. The first-order valence-corrected chi connectivity index (χ1v) is 4.35. The minimum Gasteiger partial charge on any atom is -0.392 e. The van der Waals surface area contributed by atoms with Crippen LogP contribution in [0.25, 0.3) is 0 Å². The van der Waals surface area contributed by atoms with Gasteiger partial charge in [0.2, 0.25) is 0 Å². The number of aliphatic hydroxyl groups excluding tert-OH is 1. The molecule has 3 heteroatoms. The third kappa shape index (κ3) is 4.70. The lowest BCUT2D eigenvalue weighted by Crippen LogP contribution is -2.44. The lowest BCUT2D eigenvalue weighted by Gasteiger charge is -2.31.